The lowest BCUT2D eigenvalue weighted by Crippen LogP contribution is -2.06. The first-order chi connectivity index (χ1) is 5.02. The number of carbonyl (C=O) groups is 2. The van der Waals surface area contributed by atoms with Crippen LogP contribution in [0.25, 0.3) is 0 Å². The fraction of sp³-hybridized carbons (Fsp3) is 0.400. The Balaban J connectivity index is 3.90. The van der Waals surface area contributed by atoms with Crippen molar-refractivity contribution in [2.75, 3.05) is 0 Å². The first kappa shape index (κ1) is 9.83. The summed E-state index contributed by atoms with van der Waals surface area (Å²) in [5, 5.41) is 8.79. The predicted octanol–water partition coefficient (Wildman–Crippen LogP) is -0.898. The molecule has 0 fully saturated rings. The van der Waals surface area contributed by atoms with E-state index in [9.17, 15) is 18.0 Å². The molecule has 0 aliphatic rings. The Kier molecular flexibility index (Phi) is 4.12. The summed E-state index contributed by atoms with van der Waals surface area (Å²) in [6, 6.07) is 0. The zero-order valence-corrected chi connectivity index (χ0v) is 6.30. The van der Waals surface area contributed by atoms with Gasteiger partial charge in [-0.15, -0.1) is 0 Å². The second kappa shape index (κ2) is 4.62. The van der Waals surface area contributed by atoms with E-state index in [1.165, 1.54) is 0 Å². The molecule has 0 unspecified atom stereocenters. The summed E-state index contributed by atoms with van der Waals surface area (Å²) < 4.78 is 19.7. The van der Waals surface area contributed by atoms with E-state index < -0.39 is 28.5 Å². The van der Waals surface area contributed by atoms with Gasteiger partial charge in [0.1, 0.15) is 12.2 Å². The monoisotopic (exact) mass is 178 g/mol. The third-order valence-electron chi connectivity index (χ3n) is 0.795. The maximum Gasteiger partial charge on any atom is 0.310 e. The van der Waals surface area contributed by atoms with Crippen molar-refractivity contribution in [3.63, 3.8) is 0 Å². The maximum atomic E-state index is 10.5. The van der Waals surface area contributed by atoms with Gasteiger partial charge in [-0.25, -0.2) is 0 Å². The summed E-state index contributed by atoms with van der Waals surface area (Å²) in [6.45, 7) is 0. The van der Waals surface area contributed by atoms with Gasteiger partial charge in [0.15, 0.2) is 0 Å². The van der Waals surface area contributed by atoms with Gasteiger partial charge in [-0.1, -0.05) is 0 Å². The minimum absolute atomic E-state index is 0.345. The van der Waals surface area contributed by atoms with E-state index in [0.717, 1.165) is 5.37 Å². The van der Waals surface area contributed by atoms with Crippen molar-refractivity contribution in [3.8, 4) is 0 Å². The molecule has 0 radical (unpaired) electrons. The Morgan fingerprint density at radius 2 is 1.91 bits per heavy atom. The van der Waals surface area contributed by atoms with E-state index >= 15 is 0 Å². The van der Waals surface area contributed by atoms with Crippen LogP contribution in [0, 0.1) is 0 Å². The zero-order chi connectivity index (χ0) is 8.85. The number of rotatable bonds is 4. The molecule has 0 aromatic rings. The van der Waals surface area contributed by atoms with Crippen molar-refractivity contribution in [2.24, 2.45) is 0 Å². The van der Waals surface area contributed by atoms with Gasteiger partial charge < -0.3 is 5.11 Å². The molecule has 0 saturated carbocycles. The number of carboxylic acids is 1. The van der Waals surface area contributed by atoms with Gasteiger partial charge in [-0.3, -0.25) is 9.59 Å². The molecule has 0 aromatic carbocycles. The van der Waals surface area contributed by atoms with Crippen LogP contribution in [0.2, 0.25) is 0 Å². The average molecular weight is 178 g/mol. The van der Waals surface area contributed by atoms with Crippen LogP contribution < -0.4 is 0 Å². The Morgan fingerprint density at radius 1 is 1.36 bits per heavy atom. The molecule has 62 valence electrons. The molecule has 6 heteroatoms. The van der Waals surface area contributed by atoms with Crippen LogP contribution in [0.5, 0.6) is 0 Å². The molecule has 0 aliphatic heterocycles. The molecule has 0 aliphatic carbocycles. The lowest BCUT2D eigenvalue weighted by molar-refractivity contribution is -0.139. The quantitative estimate of drug-likeness (QED) is 0.445. The number of Topliss-reactive ketones (excluding diaryl/α,β-unsaturated/α-hetero) is 1. The van der Waals surface area contributed by atoms with E-state index in [2.05, 4.69) is 0 Å². The third kappa shape index (κ3) is 6.72. The third-order valence-corrected chi connectivity index (χ3v) is 1.23. The molecule has 0 heterocycles. The average Bonchev–Trinajstić information content (AvgIpc) is 1.82. The first-order valence-electron chi connectivity index (χ1n) is 2.67. The minimum atomic E-state index is -2.39. The van der Waals surface area contributed by atoms with Crippen LogP contribution in [-0.4, -0.2) is 30.6 Å². The van der Waals surface area contributed by atoms with E-state index in [1.54, 1.807) is 0 Å². The number of hydrogen-bond acceptors (Lipinski definition) is 4. The van der Waals surface area contributed by atoms with Crippen LogP contribution in [0.15, 0.2) is 0 Å². The van der Waals surface area contributed by atoms with Crippen molar-refractivity contribution in [1.82, 2.24) is 0 Å². The van der Waals surface area contributed by atoms with Crippen molar-refractivity contribution in [3.05, 3.63) is 0 Å². The van der Waals surface area contributed by atoms with Crippen LogP contribution in [0.3, 0.4) is 0 Å². The van der Waals surface area contributed by atoms with Crippen molar-refractivity contribution in [2.45, 2.75) is 12.8 Å². The highest BCUT2D eigenvalue weighted by atomic mass is 32.2. The second-order valence-electron chi connectivity index (χ2n) is 1.74. The molecule has 0 saturated heterocycles. The van der Waals surface area contributed by atoms with Gasteiger partial charge >= 0.3 is 5.97 Å². The van der Waals surface area contributed by atoms with Crippen molar-refractivity contribution < 1.29 is 23.1 Å². The fourth-order valence-corrected chi connectivity index (χ4v) is 0.724. The van der Waals surface area contributed by atoms with Gasteiger partial charge in [-0.05, 0) is 0 Å². The number of carboxylic acid groups (broad SMARTS) is 1. The zero-order valence-electron chi connectivity index (χ0n) is 5.48. The standard InChI is InChI=1S/C5H6O5S/c6-4(3-5(7)8)1-2-11(9)10/h2H,1,3H2,(H,7,8). The van der Waals surface area contributed by atoms with Crippen LogP contribution in [-0.2, 0) is 19.9 Å². The summed E-state index contributed by atoms with van der Waals surface area (Å²) >= 11 is 0. The molecule has 0 atom stereocenters. The van der Waals surface area contributed by atoms with Gasteiger partial charge in [0.25, 0.3) is 0 Å². The highest BCUT2D eigenvalue weighted by molar-refractivity contribution is 7.71. The first-order valence-corrected chi connectivity index (χ1v) is 3.81. The van der Waals surface area contributed by atoms with Crippen molar-refractivity contribution in [1.29, 1.82) is 0 Å². The van der Waals surface area contributed by atoms with Gasteiger partial charge in [0, 0.05) is 11.8 Å². The number of aliphatic carboxylic acids is 1. The van der Waals surface area contributed by atoms with E-state index in [4.69, 9.17) is 5.11 Å². The lowest BCUT2D eigenvalue weighted by atomic mass is 10.2. The molecule has 11 heavy (non-hydrogen) atoms. The minimum Gasteiger partial charge on any atom is -0.481 e. The highest BCUT2D eigenvalue weighted by Gasteiger charge is 2.05. The molecular weight excluding hydrogens is 172 g/mol. The Labute approximate surface area is 64.2 Å². The SMILES string of the molecule is O=C(O)CC(=O)CC=S(=O)=O. The summed E-state index contributed by atoms with van der Waals surface area (Å²) in [7, 11) is -2.39. The normalized spacial score (nSPS) is 8.73. The van der Waals surface area contributed by atoms with E-state index in [1.807, 2.05) is 0 Å². The second-order valence-corrected chi connectivity index (χ2v) is 2.59. The topological polar surface area (TPSA) is 88.5 Å². The lowest BCUT2D eigenvalue weighted by Gasteiger charge is -1.87. The molecular formula is C5H6O5S. The summed E-state index contributed by atoms with van der Waals surface area (Å²) in [5.41, 5.74) is 0. The van der Waals surface area contributed by atoms with E-state index in [0.29, 0.717) is 0 Å². The summed E-state index contributed by atoms with van der Waals surface area (Å²) in [5.74, 6) is -1.87. The Hall–Kier alpha value is -1.17. The molecule has 0 spiro atoms. The predicted molar refractivity (Wildman–Crippen MR) is 36.9 cm³/mol. The summed E-state index contributed by atoms with van der Waals surface area (Å²) in [4.78, 5) is 20.3. The van der Waals surface area contributed by atoms with Crippen molar-refractivity contribution >= 4 is 27.4 Å². The van der Waals surface area contributed by atoms with Gasteiger partial charge in [0.2, 0.25) is 10.3 Å². The molecule has 0 bridgehead atoms. The van der Waals surface area contributed by atoms with E-state index in [-0.39, 0.29) is 6.42 Å². The fourth-order valence-electron chi connectivity index (χ4n) is 0.402. The molecule has 0 aromatic heterocycles. The largest absolute Gasteiger partial charge is 0.481 e. The molecule has 0 amide bonds. The molecule has 5 nitrogen and oxygen atoms in total. The van der Waals surface area contributed by atoms with Crippen LogP contribution >= 0.6 is 0 Å². The Morgan fingerprint density at radius 3 is 2.27 bits per heavy atom. The maximum absolute atomic E-state index is 10.5. The van der Waals surface area contributed by atoms with Crippen LogP contribution in [0.1, 0.15) is 12.8 Å². The highest BCUT2D eigenvalue weighted by Crippen LogP contribution is 1.85. The number of carbonyl (C=O) groups excluding carboxylic acids is 1. The molecule has 1 N–H and O–H groups in total. The molecule has 0 rings (SSSR count). The van der Waals surface area contributed by atoms with Crippen LogP contribution in [0.4, 0.5) is 0 Å². The smallest absolute Gasteiger partial charge is 0.310 e. The van der Waals surface area contributed by atoms with Gasteiger partial charge in [-0.2, -0.15) is 8.42 Å². The summed E-state index contributed by atoms with van der Waals surface area (Å²) in [6.07, 6.45) is -0.976. The number of hydrogen-bond donors (Lipinski definition) is 1. The number of ketones is 1. The Bertz CT molecular complexity index is 278. The van der Waals surface area contributed by atoms with Gasteiger partial charge in [0.05, 0.1) is 0 Å².